The minimum atomic E-state index is -1.38. The van der Waals surface area contributed by atoms with E-state index in [4.69, 9.17) is 19.7 Å². The van der Waals surface area contributed by atoms with Gasteiger partial charge in [0.25, 0.3) is 11.8 Å². The van der Waals surface area contributed by atoms with Gasteiger partial charge in [-0.05, 0) is 30.5 Å². The number of oxime groups is 1. The van der Waals surface area contributed by atoms with Crippen molar-refractivity contribution in [3.05, 3.63) is 249 Å². The van der Waals surface area contributed by atoms with Crippen LogP contribution in [0.15, 0.2) is 215 Å². The van der Waals surface area contributed by atoms with Crippen LogP contribution in [-0.2, 0) is 39.9 Å². The van der Waals surface area contributed by atoms with Crippen molar-refractivity contribution in [1.82, 2.24) is 15.2 Å². The molecule has 1 fully saturated rings. The van der Waals surface area contributed by atoms with Gasteiger partial charge in [-0.15, -0.1) is 23.1 Å². The summed E-state index contributed by atoms with van der Waals surface area (Å²) in [5.74, 6) is -3.24. The summed E-state index contributed by atoms with van der Waals surface area (Å²) in [6.45, 7) is 2.98. The largest absolute Gasteiger partial charge is 0.477 e. The highest BCUT2D eigenvalue weighted by molar-refractivity contribution is 8.00. The number of nitrogens with one attached hydrogen (secondary N) is 2. The molecule has 2 atom stereocenters. The number of carboxylic acids is 1. The van der Waals surface area contributed by atoms with Crippen LogP contribution in [0, 0.1) is 0 Å². The normalized spacial score (nSPS) is 16.1. The van der Waals surface area contributed by atoms with Crippen molar-refractivity contribution in [2.45, 2.75) is 36.4 Å². The number of esters is 1. The number of carbonyl (C=O) groups is 4. The molecule has 70 heavy (non-hydrogen) atoms. The molecule has 14 heteroatoms. The van der Waals surface area contributed by atoms with Crippen LogP contribution in [0.25, 0.3) is 0 Å². The second-order valence-corrected chi connectivity index (χ2v) is 18.5. The summed E-state index contributed by atoms with van der Waals surface area (Å²) in [5, 5.41) is 23.2. The van der Waals surface area contributed by atoms with Crippen LogP contribution in [0.2, 0.25) is 0 Å². The molecule has 3 heterocycles. The summed E-state index contributed by atoms with van der Waals surface area (Å²) in [6.07, 6.45) is 1.59. The lowest BCUT2D eigenvalue weighted by Crippen LogP contribution is -2.71. The zero-order chi connectivity index (χ0) is 48.7. The maximum Gasteiger partial charge on any atom is 0.352 e. The van der Waals surface area contributed by atoms with Crippen LogP contribution in [-0.4, -0.2) is 68.2 Å². The first-order chi connectivity index (χ1) is 34.1. The number of thioether (sulfide) groups is 1. The third-order valence-corrected chi connectivity index (χ3v) is 14.5. The van der Waals surface area contributed by atoms with E-state index >= 15 is 4.79 Å². The van der Waals surface area contributed by atoms with Crippen LogP contribution >= 0.6 is 23.1 Å². The van der Waals surface area contributed by atoms with Gasteiger partial charge in [0.15, 0.2) is 10.8 Å². The van der Waals surface area contributed by atoms with Crippen LogP contribution < -0.4 is 10.6 Å². The second kappa shape index (κ2) is 20.7. The molecule has 1 aromatic heterocycles. The van der Waals surface area contributed by atoms with Gasteiger partial charge in [-0.1, -0.05) is 193 Å². The Morgan fingerprint density at radius 1 is 0.743 bits per heavy atom. The zero-order valence-corrected chi connectivity index (χ0v) is 39.7. The Bertz CT molecular complexity index is 2900. The Hall–Kier alpha value is -8.07. The number of nitrogens with zero attached hydrogens (tertiary/aromatic N) is 3. The molecule has 9 rings (SSSR count). The average molecular weight is 966 g/mol. The van der Waals surface area contributed by atoms with Gasteiger partial charge in [-0.3, -0.25) is 14.5 Å². The molecule has 6 aromatic carbocycles. The highest BCUT2D eigenvalue weighted by Crippen LogP contribution is 2.44. The third-order valence-electron chi connectivity index (χ3n) is 12.4. The van der Waals surface area contributed by atoms with Crippen LogP contribution in [0.3, 0.4) is 0 Å². The number of allylic oxidation sites excluding steroid dienone is 1. The number of β-lactam (4-membered cyclic amide) rings is 1. The number of aliphatic carboxylic acids is 1. The summed E-state index contributed by atoms with van der Waals surface area (Å²) in [7, 11) is 0. The molecular formula is C56H47N5O7S2. The number of thiazole rings is 1. The fraction of sp³-hybridized carbons (Fsp3) is 0.143. The average Bonchev–Trinajstić information content (AvgIpc) is 3.88. The van der Waals surface area contributed by atoms with E-state index in [9.17, 15) is 19.5 Å². The molecule has 0 aliphatic carbocycles. The smallest absolute Gasteiger partial charge is 0.352 e. The first-order valence-electron chi connectivity index (χ1n) is 22.5. The topological polar surface area (TPSA) is 160 Å². The first kappa shape index (κ1) is 47.0. The minimum Gasteiger partial charge on any atom is -0.477 e. The van der Waals surface area contributed by atoms with E-state index < -0.39 is 46.3 Å². The fourth-order valence-corrected chi connectivity index (χ4v) is 10.8. The lowest BCUT2D eigenvalue weighted by atomic mass is 9.77. The van der Waals surface area contributed by atoms with Crippen LogP contribution in [0.5, 0.6) is 0 Å². The Kier molecular flexibility index (Phi) is 13.9. The van der Waals surface area contributed by atoms with Crippen molar-refractivity contribution >= 4 is 57.7 Å². The Balaban J connectivity index is 1.13. The summed E-state index contributed by atoms with van der Waals surface area (Å²) < 4.78 is 5.40. The summed E-state index contributed by atoms with van der Waals surface area (Å²) >= 11 is 2.52. The first-order valence-corrected chi connectivity index (χ1v) is 24.4. The Morgan fingerprint density at radius 2 is 1.20 bits per heavy atom. The number of benzene rings is 6. The number of rotatable bonds is 17. The van der Waals surface area contributed by atoms with Gasteiger partial charge in [-0.25, -0.2) is 14.6 Å². The van der Waals surface area contributed by atoms with Crippen molar-refractivity contribution in [3.63, 3.8) is 0 Å². The Labute approximate surface area is 413 Å². The molecule has 7 aromatic rings. The fourth-order valence-electron chi connectivity index (χ4n) is 8.76. The lowest BCUT2D eigenvalue weighted by molar-refractivity contribution is -0.150. The van der Waals surface area contributed by atoms with E-state index in [2.05, 4.69) is 47.0 Å². The quantitative estimate of drug-likeness (QED) is 0.0200. The molecule has 1 saturated heterocycles. The maximum absolute atomic E-state index is 15.1. The number of ether oxygens (including phenoxy) is 1. The molecular weight excluding hydrogens is 919 g/mol. The minimum absolute atomic E-state index is 0.134. The SMILES string of the molecule is C/C=C(/C)C(=O)OCC1=C(C(=O)O)N2C(=O)[C@@H](NC(=O)/C(=N\OC(c3ccccc3)(c3ccccc3)c3ccccc3)c3csc(NC(c4ccccc4)(c4ccccc4)c4ccccc4)n3)[C@H]2SC1. The summed E-state index contributed by atoms with van der Waals surface area (Å²) in [5.41, 5.74) is 2.96. The molecule has 12 nitrogen and oxygen atoms in total. The number of amides is 2. The Morgan fingerprint density at radius 3 is 1.64 bits per heavy atom. The highest BCUT2D eigenvalue weighted by Gasteiger charge is 2.55. The number of hydrogen-bond donors (Lipinski definition) is 3. The van der Waals surface area contributed by atoms with Gasteiger partial charge in [-0.2, -0.15) is 0 Å². The predicted octanol–water partition coefficient (Wildman–Crippen LogP) is 9.51. The van der Waals surface area contributed by atoms with Gasteiger partial charge in [0.1, 0.15) is 35.0 Å². The monoisotopic (exact) mass is 965 g/mol. The summed E-state index contributed by atoms with van der Waals surface area (Å²) in [6, 6.07) is 57.7. The predicted molar refractivity (Wildman–Crippen MR) is 272 cm³/mol. The number of hydrogen-bond acceptors (Lipinski definition) is 11. The number of carbonyl (C=O) groups excluding carboxylic acids is 3. The van der Waals surface area contributed by atoms with Crippen LogP contribution in [0.4, 0.5) is 5.13 Å². The van der Waals surface area contributed by atoms with Crippen molar-refractivity contribution in [2.24, 2.45) is 5.16 Å². The number of anilines is 1. The van der Waals surface area contributed by atoms with Gasteiger partial charge >= 0.3 is 11.9 Å². The van der Waals surface area contributed by atoms with Gasteiger partial charge in [0.2, 0.25) is 5.60 Å². The molecule has 0 bridgehead atoms. The molecule has 0 saturated carbocycles. The number of fused-ring (bicyclic) bond motifs is 1. The van der Waals surface area contributed by atoms with E-state index in [0.29, 0.717) is 10.7 Å². The molecule has 0 spiro atoms. The maximum atomic E-state index is 15.1. The standard InChI is InChI=1S/C56H47N5O7S2/c1-3-37(2)53(66)67-34-38-35-69-51-47(50(63)61(51)48(38)52(64)65)58-49(62)46(60-68-56(42-28-16-7-17-29-42,43-30-18-8-19-31-43)44-32-20-9-21-33-44)45-36-70-54(57-45)59-55(39-22-10-4-11-23-39,40-24-12-5-13-25-40)41-26-14-6-15-27-41/h3-33,36,47,51H,34-35H2,1-2H3,(H,57,59)(H,58,62)(H,64,65)/b37-3-,60-46-/t47-,51-/m1/s1. The number of aromatic nitrogens is 1. The molecule has 0 unspecified atom stereocenters. The van der Waals surface area contributed by atoms with Gasteiger partial charge in [0, 0.05) is 39.0 Å². The van der Waals surface area contributed by atoms with Crippen molar-refractivity contribution in [3.8, 4) is 0 Å². The van der Waals surface area contributed by atoms with E-state index in [-0.39, 0.29) is 35.0 Å². The van der Waals surface area contributed by atoms with Crippen molar-refractivity contribution in [1.29, 1.82) is 0 Å². The molecule has 3 N–H and O–H groups in total. The van der Waals surface area contributed by atoms with E-state index in [1.54, 1.807) is 25.3 Å². The van der Waals surface area contributed by atoms with Crippen molar-refractivity contribution in [2.75, 3.05) is 17.7 Å². The van der Waals surface area contributed by atoms with Gasteiger partial charge < -0.3 is 25.3 Å². The summed E-state index contributed by atoms with van der Waals surface area (Å²) in [4.78, 5) is 67.4. The second-order valence-electron chi connectivity index (χ2n) is 16.5. The lowest BCUT2D eigenvalue weighted by Gasteiger charge is -2.49. The number of carboxylic acid groups (broad SMARTS) is 1. The molecule has 2 aliphatic heterocycles. The van der Waals surface area contributed by atoms with Gasteiger partial charge in [0.05, 0.1) is 0 Å². The molecule has 0 radical (unpaired) electrons. The molecule has 350 valence electrons. The third kappa shape index (κ3) is 9.02. The highest BCUT2D eigenvalue weighted by atomic mass is 32.2. The van der Waals surface area contributed by atoms with E-state index in [1.807, 2.05) is 146 Å². The zero-order valence-electron chi connectivity index (χ0n) is 38.1. The van der Waals surface area contributed by atoms with E-state index in [1.165, 1.54) is 23.1 Å². The molecule has 2 amide bonds. The van der Waals surface area contributed by atoms with E-state index in [0.717, 1.165) is 38.3 Å². The molecule has 2 aliphatic rings. The van der Waals surface area contributed by atoms with Crippen molar-refractivity contribution < 1.29 is 33.9 Å². The van der Waals surface area contributed by atoms with Crippen LogP contribution in [0.1, 0.15) is 52.9 Å².